The maximum absolute atomic E-state index is 12.9. The van der Waals surface area contributed by atoms with Crippen LogP contribution in [0.5, 0.6) is 5.75 Å². The summed E-state index contributed by atoms with van der Waals surface area (Å²) in [5, 5.41) is 12.2. The van der Waals surface area contributed by atoms with Crippen molar-refractivity contribution in [3.63, 3.8) is 0 Å². The number of nitrogens with one attached hydrogen (secondary N) is 1. The molecule has 4 heteroatoms. The van der Waals surface area contributed by atoms with E-state index in [0.29, 0.717) is 5.56 Å². The second-order valence-electron chi connectivity index (χ2n) is 3.48. The maximum Gasteiger partial charge on any atom is 0.200 e. The number of hydrogen-bond acceptors (Lipinski definition) is 2. The van der Waals surface area contributed by atoms with Gasteiger partial charge in [-0.25, -0.2) is 4.39 Å². The summed E-state index contributed by atoms with van der Waals surface area (Å²) >= 11 is 0. The van der Waals surface area contributed by atoms with Crippen molar-refractivity contribution in [1.29, 1.82) is 0 Å². The number of hydrogen-bond donors (Lipinski definition) is 2. The van der Waals surface area contributed by atoms with Gasteiger partial charge < -0.3 is 10.4 Å². The van der Waals surface area contributed by atoms with Crippen LogP contribution in [-0.4, -0.2) is 11.7 Å². The maximum atomic E-state index is 12.9. The molecule has 2 N–H and O–H groups in total. The molecule has 2 nitrogen and oxygen atoms in total. The summed E-state index contributed by atoms with van der Waals surface area (Å²) < 4.78 is 25.7. The Morgan fingerprint density at radius 3 is 2.71 bits per heavy atom. The van der Waals surface area contributed by atoms with E-state index in [0.717, 1.165) is 25.5 Å². The smallest absolute Gasteiger partial charge is 0.200 e. The molecule has 1 saturated heterocycles. The lowest BCUT2D eigenvalue weighted by Gasteiger charge is -2.11. The van der Waals surface area contributed by atoms with Crippen LogP contribution in [0.25, 0.3) is 0 Å². The number of aromatic hydroxyl groups is 1. The topological polar surface area (TPSA) is 32.3 Å². The fourth-order valence-electron chi connectivity index (χ4n) is 1.77. The second-order valence-corrected chi connectivity index (χ2v) is 3.48. The molecule has 0 amide bonds. The van der Waals surface area contributed by atoms with Crippen LogP contribution < -0.4 is 5.32 Å². The zero-order chi connectivity index (χ0) is 10.1. The van der Waals surface area contributed by atoms with Gasteiger partial charge >= 0.3 is 0 Å². The van der Waals surface area contributed by atoms with Crippen molar-refractivity contribution in [2.24, 2.45) is 0 Å². The molecule has 0 bridgehead atoms. The summed E-state index contributed by atoms with van der Waals surface area (Å²) in [4.78, 5) is 0. The predicted molar refractivity (Wildman–Crippen MR) is 48.0 cm³/mol. The van der Waals surface area contributed by atoms with E-state index in [9.17, 15) is 8.78 Å². The van der Waals surface area contributed by atoms with Crippen molar-refractivity contribution in [3.05, 3.63) is 29.3 Å². The molecule has 0 saturated carbocycles. The quantitative estimate of drug-likeness (QED) is 0.725. The average Bonchev–Trinajstić information content (AvgIpc) is 2.66. The Morgan fingerprint density at radius 2 is 2.14 bits per heavy atom. The summed E-state index contributed by atoms with van der Waals surface area (Å²) in [6, 6.07) is 2.45. The molecule has 0 aliphatic carbocycles. The minimum absolute atomic E-state index is 0.0380. The first-order chi connectivity index (χ1) is 6.68. The molecule has 14 heavy (non-hydrogen) atoms. The molecule has 1 unspecified atom stereocenters. The van der Waals surface area contributed by atoms with E-state index in [4.69, 9.17) is 5.11 Å². The molecule has 0 aromatic heterocycles. The molecule has 76 valence electrons. The van der Waals surface area contributed by atoms with Gasteiger partial charge in [-0.05, 0) is 37.1 Å². The Morgan fingerprint density at radius 1 is 1.36 bits per heavy atom. The van der Waals surface area contributed by atoms with Gasteiger partial charge in [0.15, 0.2) is 17.4 Å². The van der Waals surface area contributed by atoms with Crippen molar-refractivity contribution in [2.45, 2.75) is 18.9 Å². The molecule has 2 rings (SSSR count). The Hall–Kier alpha value is -1.16. The van der Waals surface area contributed by atoms with Gasteiger partial charge in [-0.2, -0.15) is 4.39 Å². The van der Waals surface area contributed by atoms with E-state index >= 15 is 0 Å². The van der Waals surface area contributed by atoms with Gasteiger partial charge in [-0.3, -0.25) is 0 Å². The van der Waals surface area contributed by atoms with Crippen molar-refractivity contribution in [2.75, 3.05) is 6.54 Å². The minimum atomic E-state index is -1.17. The molecule has 1 fully saturated rings. The largest absolute Gasteiger partial charge is 0.505 e. The molecular formula is C10H11F2NO. The zero-order valence-corrected chi connectivity index (χ0v) is 7.56. The van der Waals surface area contributed by atoms with E-state index in [1.807, 2.05) is 0 Å². The Bertz CT molecular complexity index is 325. The van der Waals surface area contributed by atoms with Gasteiger partial charge in [-0.15, -0.1) is 0 Å². The van der Waals surface area contributed by atoms with E-state index in [2.05, 4.69) is 5.32 Å². The van der Waals surface area contributed by atoms with Crippen LogP contribution in [0.1, 0.15) is 24.4 Å². The third-order valence-corrected chi connectivity index (χ3v) is 2.49. The van der Waals surface area contributed by atoms with Crippen LogP contribution >= 0.6 is 0 Å². The first-order valence-electron chi connectivity index (χ1n) is 4.60. The Balaban J connectivity index is 2.34. The van der Waals surface area contributed by atoms with Crippen molar-refractivity contribution in [3.8, 4) is 5.75 Å². The average molecular weight is 199 g/mol. The van der Waals surface area contributed by atoms with Crippen LogP contribution in [0.4, 0.5) is 8.78 Å². The SMILES string of the molecule is Oc1cc(C2CCCN2)cc(F)c1F. The lowest BCUT2D eigenvalue weighted by atomic mass is 10.0. The highest BCUT2D eigenvalue weighted by atomic mass is 19.2. The van der Waals surface area contributed by atoms with Crippen molar-refractivity contribution >= 4 is 0 Å². The van der Waals surface area contributed by atoms with E-state index in [1.54, 1.807) is 0 Å². The van der Waals surface area contributed by atoms with Gasteiger partial charge in [0.05, 0.1) is 0 Å². The highest BCUT2D eigenvalue weighted by Crippen LogP contribution is 2.28. The minimum Gasteiger partial charge on any atom is -0.505 e. The molecule has 0 spiro atoms. The monoisotopic (exact) mass is 199 g/mol. The zero-order valence-electron chi connectivity index (χ0n) is 7.56. The molecular weight excluding hydrogens is 188 g/mol. The highest BCUT2D eigenvalue weighted by molar-refractivity contribution is 5.32. The molecule has 1 heterocycles. The van der Waals surface area contributed by atoms with Gasteiger partial charge in [0.1, 0.15) is 0 Å². The number of rotatable bonds is 1. The number of phenols is 1. The number of benzene rings is 1. The molecule has 1 aromatic carbocycles. The Labute approximate surface area is 80.6 Å². The summed E-state index contributed by atoms with van der Waals surface area (Å²) in [5.41, 5.74) is 0.610. The fraction of sp³-hybridized carbons (Fsp3) is 0.400. The molecule has 1 aliphatic rings. The summed E-state index contributed by atoms with van der Waals surface area (Å²) in [6.07, 6.45) is 1.91. The van der Waals surface area contributed by atoms with Gasteiger partial charge in [0.2, 0.25) is 0 Å². The molecule has 1 aliphatic heterocycles. The second kappa shape index (κ2) is 3.53. The van der Waals surface area contributed by atoms with Gasteiger partial charge in [-0.1, -0.05) is 0 Å². The highest BCUT2D eigenvalue weighted by Gasteiger charge is 2.19. The normalized spacial score (nSPS) is 21.4. The van der Waals surface area contributed by atoms with Crippen molar-refractivity contribution in [1.82, 2.24) is 5.32 Å². The van der Waals surface area contributed by atoms with Crippen molar-refractivity contribution < 1.29 is 13.9 Å². The fourth-order valence-corrected chi connectivity index (χ4v) is 1.77. The van der Waals surface area contributed by atoms with Gasteiger partial charge in [0, 0.05) is 6.04 Å². The molecule has 1 atom stereocenters. The standard InChI is InChI=1S/C10H11F2NO/c11-7-4-6(5-9(14)10(7)12)8-2-1-3-13-8/h4-5,8,13-14H,1-3H2. The lowest BCUT2D eigenvalue weighted by molar-refractivity contribution is 0.404. The summed E-state index contributed by atoms with van der Waals surface area (Å²) in [5.74, 6) is -2.78. The third kappa shape index (κ3) is 1.57. The predicted octanol–water partition coefficient (Wildman–Crippen LogP) is 2.09. The van der Waals surface area contributed by atoms with Crippen LogP contribution in [-0.2, 0) is 0 Å². The number of phenolic OH excluding ortho intramolecular Hbond substituents is 1. The first kappa shape index (κ1) is 9.40. The lowest BCUT2D eigenvalue weighted by Crippen LogP contribution is -2.13. The molecule has 0 radical (unpaired) electrons. The summed E-state index contributed by atoms with van der Waals surface area (Å²) in [6.45, 7) is 0.879. The Kier molecular flexibility index (Phi) is 2.37. The van der Waals surface area contributed by atoms with Crippen LogP contribution in [0.2, 0.25) is 0 Å². The first-order valence-corrected chi connectivity index (χ1v) is 4.60. The van der Waals surface area contributed by atoms with Gasteiger partial charge in [0.25, 0.3) is 0 Å². The molecule has 1 aromatic rings. The van der Waals surface area contributed by atoms with E-state index < -0.39 is 17.4 Å². The van der Waals surface area contributed by atoms with E-state index in [-0.39, 0.29) is 6.04 Å². The third-order valence-electron chi connectivity index (χ3n) is 2.49. The van der Waals surface area contributed by atoms with Crippen LogP contribution in [0, 0.1) is 11.6 Å². The van der Waals surface area contributed by atoms with E-state index in [1.165, 1.54) is 6.07 Å². The van der Waals surface area contributed by atoms with Crippen LogP contribution in [0.15, 0.2) is 12.1 Å². The number of halogens is 2. The van der Waals surface area contributed by atoms with Crippen LogP contribution in [0.3, 0.4) is 0 Å². The summed E-state index contributed by atoms with van der Waals surface area (Å²) in [7, 11) is 0.